The molecule has 0 bridgehead atoms. The minimum Gasteiger partial charge on any atom is -0.352 e. The van der Waals surface area contributed by atoms with E-state index in [-0.39, 0.29) is 12.1 Å². The van der Waals surface area contributed by atoms with Gasteiger partial charge in [0, 0.05) is 24.6 Å². The third-order valence-corrected chi connectivity index (χ3v) is 2.52. The maximum absolute atomic E-state index is 13.1. The van der Waals surface area contributed by atoms with Gasteiger partial charge in [0.2, 0.25) is 5.82 Å². The third-order valence-electron chi connectivity index (χ3n) is 2.52. The van der Waals surface area contributed by atoms with E-state index < -0.39 is 22.3 Å². The Labute approximate surface area is 112 Å². The summed E-state index contributed by atoms with van der Waals surface area (Å²) in [4.78, 5) is 25.3. The van der Waals surface area contributed by atoms with Crippen LogP contribution in [0.15, 0.2) is 24.5 Å². The Morgan fingerprint density at radius 3 is 2.95 bits per heavy atom. The van der Waals surface area contributed by atoms with Crippen LogP contribution < -0.4 is 5.32 Å². The number of nitro groups is 1. The zero-order valence-corrected chi connectivity index (χ0v) is 10.2. The fourth-order valence-corrected chi connectivity index (χ4v) is 1.54. The number of hydrogen-bond donors (Lipinski definition) is 2. The SMILES string of the molecule is O=C(NCCc1ncn[nH]1)c1ccc(F)c([N+](=O)[O-])c1. The molecule has 1 aromatic carbocycles. The summed E-state index contributed by atoms with van der Waals surface area (Å²) in [5.74, 6) is -0.892. The molecule has 0 atom stereocenters. The van der Waals surface area contributed by atoms with Crippen LogP contribution in [0.2, 0.25) is 0 Å². The van der Waals surface area contributed by atoms with Gasteiger partial charge in [-0.3, -0.25) is 20.0 Å². The smallest absolute Gasteiger partial charge is 0.305 e. The number of hydrogen-bond acceptors (Lipinski definition) is 5. The van der Waals surface area contributed by atoms with Crippen molar-refractivity contribution >= 4 is 11.6 Å². The number of nitro benzene ring substituents is 1. The average molecular weight is 279 g/mol. The van der Waals surface area contributed by atoms with E-state index in [0.29, 0.717) is 12.2 Å². The molecule has 2 N–H and O–H groups in total. The quantitative estimate of drug-likeness (QED) is 0.621. The predicted molar refractivity (Wildman–Crippen MR) is 65.5 cm³/mol. The number of aromatic nitrogens is 3. The van der Waals surface area contributed by atoms with Gasteiger partial charge in [0.25, 0.3) is 5.91 Å². The molecule has 1 heterocycles. The van der Waals surface area contributed by atoms with Crippen molar-refractivity contribution in [1.82, 2.24) is 20.5 Å². The van der Waals surface area contributed by atoms with Crippen LogP contribution in [0.4, 0.5) is 10.1 Å². The molecule has 1 amide bonds. The summed E-state index contributed by atoms with van der Waals surface area (Å²) in [5.41, 5.74) is -0.705. The molecule has 20 heavy (non-hydrogen) atoms. The number of benzene rings is 1. The second-order valence-corrected chi connectivity index (χ2v) is 3.86. The highest BCUT2D eigenvalue weighted by atomic mass is 19.1. The van der Waals surface area contributed by atoms with Crippen molar-refractivity contribution in [1.29, 1.82) is 0 Å². The van der Waals surface area contributed by atoms with Crippen molar-refractivity contribution in [3.8, 4) is 0 Å². The molecule has 0 aliphatic carbocycles. The Morgan fingerprint density at radius 2 is 2.30 bits per heavy atom. The zero-order valence-electron chi connectivity index (χ0n) is 10.2. The fraction of sp³-hybridized carbons (Fsp3) is 0.182. The van der Waals surface area contributed by atoms with Crippen molar-refractivity contribution in [2.45, 2.75) is 6.42 Å². The molecule has 0 radical (unpaired) electrons. The van der Waals surface area contributed by atoms with E-state index in [2.05, 4.69) is 20.5 Å². The Kier molecular flexibility index (Phi) is 3.99. The lowest BCUT2D eigenvalue weighted by Crippen LogP contribution is -2.26. The average Bonchev–Trinajstić information content (AvgIpc) is 2.92. The van der Waals surface area contributed by atoms with Crippen molar-refractivity contribution in [3.63, 3.8) is 0 Å². The van der Waals surface area contributed by atoms with E-state index in [1.54, 1.807) is 0 Å². The minimum atomic E-state index is -0.979. The number of nitrogens with one attached hydrogen (secondary N) is 2. The van der Waals surface area contributed by atoms with Crippen LogP contribution in [-0.4, -0.2) is 32.6 Å². The van der Waals surface area contributed by atoms with Gasteiger partial charge in [-0.1, -0.05) is 0 Å². The summed E-state index contributed by atoms with van der Waals surface area (Å²) in [6, 6.07) is 2.98. The molecule has 1 aromatic heterocycles. The number of H-pyrrole nitrogens is 1. The lowest BCUT2D eigenvalue weighted by molar-refractivity contribution is -0.387. The molecule has 2 aromatic rings. The van der Waals surface area contributed by atoms with Crippen molar-refractivity contribution in [2.75, 3.05) is 6.54 Å². The van der Waals surface area contributed by atoms with Crippen molar-refractivity contribution in [2.24, 2.45) is 0 Å². The largest absolute Gasteiger partial charge is 0.352 e. The number of amides is 1. The van der Waals surface area contributed by atoms with E-state index in [4.69, 9.17) is 0 Å². The summed E-state index contributed by atoms with van der Waals surface area (Å²) < 4.78 is 13.1. The van der Waals surface area contributed by atoms with E-state index in [1.807, 2.05) is 0 Å². The van der Waals surface area contributed by atoms with Crippen molar-refractivity contribution < 1.29 is 14.1 Å². The van der Waals surface area contributed by atoms with E-state index >= 15 is 0 Å². The summed E-state index contributed by atoms with van der Waals surface area (Å²) in [5, 5.41) is 19.4. The Bertz CT molecular complexity index is 629. The molecule has 0 saturated carbocycles. The van der Waals surface area contributed by atoms with E-state index in [0.717, 1.165) is 12.1 Å². The van der Waals surface area contributed by atoms with Crippen LogP contribution in [0.25, 0.3) is 0 Å². The van der Waals surface area contributed by atoms with Gasteiger partial charge in [-0.2, -0.15) is 9.49 Å². The Balaban J connectivity index is 1.98. The van der Waals surface area contributed by atoms with Crippen LogP contribution in [0.5, 0.6) is 0 Å². The molecule has 0 saturated heterocycles. The van der Waals surface area contributed by atoms with Gasteiger partial charge in [0.15, 0.2) is 0 Å². The normalized spacial score (nSPS) is 10.2. The van der Waals surface area contributed by atoms with E-state index in [9.17, 15) is 19.3 Å². The maximum atomic E-state index is 13.1. The van der Waals surface area contributed by atoms with Gasteiger partial charge in [-0.15, -0.1) is 0 Å². The molecule has 0 fully saturated rings. The van der Waals surface area contributed by atoms with Gasteiger partial charge in [-0.05, 0) is 12.1 Å². The lowest BCUT2D eigenvalue weighted by Gasteiger charge is -2.04. The first-order valence-corrected chi connectivity index (χ1v) is 5.64. The van der Waals surface area contributed by atoms with Gasteiger partial charge >= 0.3 is 5.69 Å². The molecule has 9 heteroatoms. The topological polar surface area (TPSA) is 114 Å². The number of carbonyl (C=O) groups excluding carboxylic acids is 1. The first-order valence-electron chi connectivity index (χ1n) is 5.64. The van der Waals surface area contributed by atoms with Crippen LogP contribution in [0.3, 0.4) is 0 Å². The summed E-state index contributed by atoms with van der Waals surface area (Å²) >= 11 is 0. The predicted octanol–water partition coefficient (Wildman–Crippen LogP) is 0.824. The number of halogens is 1. The number of aromatic amines is 1. The number of rotatable bonds is 5. The first kappa shape index (κ1) is 13.6. The number of nitrogens with zero attached hydrogens (tertiary/aromatic N) is 3. The van der Waals surface area contributed by atoms with Crippen LogP contribution in [0, 0.1) is 15.9 Å². The maximum Gasteiger partial charge on any atom is 0.305 e. The minimum absolute atomic E-state index is 0.0238. The second kappa shape index (κ2) is 5.87. The van der Waals surface area contributed by atoms with Gasteiger partial charge in [0.05, 0.1) is 4.92 Å². The lowest BCUT2D eigenvalue weighted by atomic mass is 10.2. The van der Waals surface area contributed by atoms with Gasteiger partial charge in [0.1, 0.15) is 12.2 Å². The Hall–Kier alpha value is -2.84. The fourth-order valence-electron chi connectivity index (χ4n) is 1.54. The highest BCUT2D eigenvalue weighted by Gasteiger charge is 2.17. The first-order chi connectivity index (χ1) is 9.58. The highest BCUT2D eigenvalue weighted by Crippen LogP contribution is 2.18. The monoisotopic (exact) mass is 279 g/mol. The summed E-state index contributed by atoms with van der Waals surface area (Å²) in [6.45, 7) is 0.277. The van der Waals surface area contributed by atoms with Crippen LogP contribution in [0.1, 0.15) is 16.2 Å². The van der Waals surface area contributed by atoms with Crippen molar-refractivity contribution in [3.05, 3.63) is 51.8 Å². The zero-order chi connectivity index (χ0) is 14.5. The molecule has 0 spiro atoms. The molecule has 0 aliphatic heterocycles. The van der Waals surface area contributed by atoms with Crippen LogP contribution >= 0.6 is 0 Å². The molecular formula is C11H10FN5O3. The van der Waals surface area contributed by atoms with E-state index in [1.165, 1.54) is 12.4 Å². The number of carbonyl (C=O) groups is 1. The second-order valence-electron chi connectivity index (χ2n) is 3.86. The van der Waals surface area contributed by atoms with Crippen LogP contribution in [-0.2, 0) is 6.42 Å². The molecule has 104 valence electrons. The highest BCUT2D eigenvalue weighted by molar-refractivity contribution is 5.94. The summed E-state index contributed by atoms with van der Waals surface area (Å²) in [7, 11) is 0. The standard InChI is InChI=1S/C11H10FN5O3/c12-8-2-1-7(5-9(8)17(19)20)11(18)13-4-3-10-14-6-15-16-10/h1-2,5-6H,3-4H2,(H,13,18)(H,14,15,16). The molecule has 8 nitrogen and oxygen atoms in total. The summed E-state index contributed by atoms with van der Waals surface area (Å²) in [6.07, 6.45) is 1.79. The molecular weight excluding hydrogens is 269 g/mol. The van der Waals surface area contributed by atoms with Gasteiger partial charge in [-0.25, -0.2) is 4.98 Å². The molecule has 0 unspecified atom stereocenters. The van der Waals surface area contributed by atoms with Gasteiger partial charge < -0.3 is 5.32 Å². The molecule has 0 aliphatic rings. The Morgan fingerprint density at radius 1 is 1.50 bits per heavy atom. The molecule has 2 rings (SSSR count). The third kappa shape index (κ3) is 3.13.